The molecule has 0 radical (unpaired) electrons. The highest BCUT2D eigenvalue weighted by Crippen LogP contribution is 2.39. The van der Waals surface area contributed by atoms with Gasteiger partial charge in [0.25, 0.3) is 0 Å². The summed E-state index contributed by atoms with van der Waals surface area (Å²) in [5.41, 5.74) is 1.17. The fourth-order valence-corrected chi connectivity index (χ4v) is 2.75. The molecule has 0 fully saturated rings. The predicted molar refractivity (Wildman–Crippen MR) is 86.8 cm³/mol. The number of hydrogen-bond donors (Lipinski definition) is 1. The fraction of sp³-hybridized carbons (Fsp3) is 0.667. The molecule has 0 aliphatic carbocycles. The van der Waals surface area contributed by atoms with E-state index in [2.05, 4.69) is 51.2 Å². The van der Waals surface area contributed by atoms with E-state index in [0.29, 0.717) is 12.0 Å². The fourth-order valence-electron chi connectivity index (χ4n) is 2.75. The van der Waals surface area contributed by atoms with Gasteiger partial charge in [-0.2, -0.15) is 0 Å². The van der Waals surface area contributed by atoms with Gasteiger partial charge in [-0.05, 0) is 38.8 Å². The summed E-state index contributed by atoms with van der Waals surface area (Å²) in [7, 11) is 0. The maximum absolute atomic E-state index is 6.06. The smallest absolute Gasteiger partial charge is 0.124 e. The molecule has 21 heavy (non-hydrogen) atoms. The zero-order valence-corrected chi connectivity index (χ0v) is 13.8. The maximum Gasteiger partial charge on any atom is 0.124 e. The quantitative estimate of drug-likeness (QED) is 0.772. The van der Waals surface area contributed by atoms with Gasteiger partial charge in [-0.3, -0.25) is 0 Å². The molecule has 3 heteroatoms. The van der Waals surface area contributed by atoms with Crippen LogP contribution in [-0.4, -0.2) is 25.4 Å². The SMILES string of the molecule is CC(C)COCCCNC1CC(C)(C)Oc2ccccc21. The largest absolute Gasteiger partial charge is 0.487 e. The van der Waals surface area contributed by atoms with Gasteiger partial charge in [-0.25, -0.2) is 0 Å². The minimum atomic E-state index is -0.111. The molecule has 0 spiro atoms. The molecule has 1 atom stereocenters. The number of rotatable bonds is 7. The molecule has 1 aliphatic rings. The van der Waals surface area contributed by atoms with Crippen LogP contribution in [0.1, 0.15) is 52.1 Å². The molecule has 1 unspecified atom stereocenters. The summed E-state index contributed by atoms with van der Waals surface area (Å²) >= 11 is 0. The third-order valence-electron chi connectivity index (χ3n) is 3.68. The molecule has 3 nitrogen and oxygen atoms in total. The Morgan fingerprint density at radius 1 is 1.33 bits per heavy atom. The van der Waals surface area contributed by atoms with Gasteiger partial charge in [0, 0.05) is 31.2 Å². The highest BCUT2D eigenvalue weighted by molar-refractivity contribution is 5.38. The van der Waals surface area contributed by atoms with Crippen molar-refractivity contribution in [2.75, 3.05) is 19.8 Å². The second kappa shape index (κ2) is 7.28. The molecule has 0 amide bonds. The van der Waals surface area contributed by atoms with Crippen molar-refractivity contribution in [1.29, 1.82) is 0 Å². The van der Waals surface area contributed by atoms with Gasteiger partial charge in [0.05, 0.1) is 0 Å². The standard InChI is InChI=1S/C18H29NO2/c1-14(2)13-20-11-7-10-19-16-12-18(3,4)21-17-9-6-5-8-15(16)17/h5-6,8-9,14,16,19H,7,10-13H2,1-4H3. The molecule has 1 heterocycles. The lowest BCUT2D eigenvalue weighted by atomic mass is 9.89. The van der Waals surface area contributed by atoms with Crippen molar-refractivity contribution in [3.8, 4) is 5.75 Å². The molecule has 0 aromatic heterocycles. The third kappa shape index (κ3) is 5.01. The van der Waals surface area contributed by atoms with Crippen LogP contribution >= 0.6 is 0 Å². The van der Waals surface area contributed by atoms with Crippen molar-refractivity contribution < 1.29 is 9.47 Å². The molecule has 2 rings (SSSR count). The van der Waals surface area contributed by atoms with Crippen molar-refractivity contribution >= 4 is 0 Å². The maximum atomic E-state index is 6.06. The summed E-state index contributed by atoms with van der Waals surface area (Å²) in [5, 5.41) is 3.66. The van der Waals surface area contributed by atoms with Crippen molar-refractivity contribution in [2.45, 2.75) is 52.2 Å². The van der Waals surface area contributed by atoms with E-state index in [4.69, 9.17) is 9.47 Å². The van der Waals surface area contributed by atoms with E-state index >= 15 is 0 Å². The van der Waals surface area contributed by atoms with E-state index in [-0.39, 0.29) is 5.60 Å². The van der Waals surface area contributed by atoms with E-state index in [9.17, 15) is 0 Å². The zero-order valence-electron chi connectivity index (χ0n) is 13.8. The molecule has 1 aromatic carbocycles. The average Bonchev–Trinajstić information content (AvgIpc) is 2.41. The van der Waals surface area contributed by atoms with Crippen LogP contribution in [0, 0.1) is 5.92 Å². The minimum Gasteiger partial charge on any atom is -0.487 e. The molecular formula is C18H29NO2. The number of fused-ring (bicyclic) bond motifs is 1. The van der Waals surface area contributed by atoms with Crippen molar-refractivity contribution in [2.24, 2.45) is 5.92 Å². The Balaban J connectivity index is 1.83. The second-order valence-corrected chi connectivity index (χ2v) is 6.93. The van der Waals surface area contributed by atoms with Crippen LogP contribution in [0.3, 0.4) is 0 Å². The number of ether oxygens (including phenoxy) is 2. The van der Waals surface area contributed by atoms with Crippen LogP contribution in [0.4, 0.5) is 0 Å². The molecule has 0 bridgehead atoms. The van der Waals surface area contributed by atoms with Gasteiger partial charge >= 0.3 is 0 Å². The first-order valence-corrected chi connectivity index (χ1v) is 8.07. The van der Waals surface area contributed by atoms with Gasteiger partial charge < -0.3 is 14.8 Å². The Morgan fingerprint density at radius 3 is 2.86 bits per heavy atom. The Hall–Kier alpha value is -1.06. The van der Waals surface area contributed by atoms with E-state index < -0.39 is 0 Å². The van der Waals surface area contributed by atoms with Crippen LogP contribution in [0.2, 0.25) is 0 Å². The topological polar surface area (TPSA) is 30.5 Å². The van der Waals surface area contributed by atoms with Crippen molar-refractivity contribution in [3.05, 3.63) is 29.8 Å². The van der Waals surface area contributed by atoms with E-state index in [1.807, 2.05) is 6.07 Å². The summed E-state index contributed by atoms with van der Waals surface area (Å²) in [6.45, 7) is 11.3. The lowest BCUT2D eigenvalue weighted by Gasteiger charge is -2.38. The first kappa shape index (κ1) is 16.3. The summed E-state index contributed by atoms with van der Waals surface area (Å²) < 4.78 is 11.7. The Morgan fingerprint density at radius 2 is 2.10 bits per heavy atom. The van der Waals surface area contributed by atoms with Gasteiger partial charge in [0.2, 0.25) is 0 Å². The number of nitrogens with one attached hydrogen (secondary N) is 1. The predicted octanol–water partition coefficient (Wildman–Crippen LogP) is 3.94. The van der Waals surface area contributed by atoms with Crippen molar-refractivity contribution in [3.63, 3.8) is 0 Å². The van der Waals surface area contributed by atoms with Crippen molar-refractivity contribution in [1.82, 2.24) is 5.32 Å². The number of para-hydroxylation sites is 1. The van der Waals surface area contributed by atoms with Gasteiger partial charge in [-0.15, -0.1) is 0 Å². The van der Waals surface area contributed by atoms with Crippen LogP contribution in [-0.2, 0) is 4.74 Å². The Bertz CT molecular complexity index is 443. The van der Waals surface area contributed by atoms with Gasteiger partial charge in [0.15, 0.2) is 0 Å². The number of hydrogen-bond acceptors (Lipinski definition) is 3. The number of benzene rings is 1. The molecule has 1 aromatic rings. The first-order chi connectivity index (χ1) is 9.98. The molecule has 0 saturated heterocycles. The summed E-state index contributed by atoms with van der Waals surface area (Å²) in [5.74, 6) is 1.63. The highest BCUT2D eigenvalue weighted by atomic mass is 16.5. The second-order valence-electron chi connectivity index (χ2n) is 6.93. The van der Waals surface area contributed by atoms with E-state index in [1.165, 1.54) is 5.56 Å². The minimum absolute atomic E-state index is 0.111. The van der Waals surface area contributed by atoms with Crippen LogP contribution < -0.4 is 10.1 Å². The summed E-state index contributed by atoms with van der Waals surface area (Å²) in [6, 6.07) is 8.72. The molecule has 1 aliphatic heterocycles. The first-order valence-electron chi connectivity index (χ1n) is 8.07. The Kier molecular flexibility index (Phi) is 5.65. The molecule has 0 saturated carbocycles. The average molecular weight is 291 g/mol. The van der Waals surface area contributed by atoms with Gasteiger partial charge in [-0.1, -0.05) is 32.0 Å². The van der Waals surface area contributed by atoms with Crippen LogP contribution in [0.25, 0.3) is 0 Å². The Labute approximate surface area is 129 Å². The lowest BCUT2D eigenvalue weighted by molar-refractivity contribution is 0.0646. The zero-order chi connectivity index (χ0) is 15.3. The van der Waals surface area contributed by atoms with Crippen LogP contribution in [0.15, 0.2) is 24.3 Å². The highest BCUT2D eigenvalue weighted by Gasteiger charge is 2.32. The summed E-state index contributed by atoms with van der Waals surface area (Å²) in [6.07, 6.45) is 2.05. The normalized spacial score (nSPS) is 20.1. The van der Waals surface area contributed by atoms with E-state index in [1.54, 1.807) is 0 Å². The molecular weight excluding hydrogens is 262 g/mol. The summed E-state index contributed by atoms with van der Waals surface area (Å²) in [4.78, 5) is 0. The lowest BCUT2D eigenvalue weighted by Crippen LogP contribution is -2.39. The monoisotopic (exact) mass is 291 g/mol. The van der Waals surface area contributed by atoms with E-state index in [0.717, 1.165) is 38.3 Å². The molecule has 118 valence electrons. The molecule has 1 N–H and O–H groups in total. The third-order valence-corrected chi connectivity index (χ3v) is 3.68. The van der Waals surface area contributed by atoms with Crippen LogP contribution in [0.5, 0.6) is 5.75 Å². The van der Waals surface area contributed by atoms with Gasteiger partial charge in [0.1, 0.15) is 11.4 Å².